The van der Waals surface area contributed by atoms with Crippen LogP contribution in [0.15, 0.2) is 75.8 Å². The molecule has 9 heteroatoms. The zero-order chi connectivity index (χ0) is 26.3. The first kappa shape index (κ1) is 24.5. The van der Waals surface area contributed by atoms with E-state index in [1.54, 1.807) is 22.6 Å². The second kappa shape index (κ2) is 9.67. The molecule has 0 aliphatic carbocycles. The number of amides is 1. The summed E-state index contributed by atoms with van der Waals surface area (Å²) in [5, 5.41) is 7.31. The van der Waals surface area contributed by atoms with Crippen LogP contribution in [0.5, 0.6) is 5.75 Å². The van der Waals surface area contributed by atoms with Crippen LogP contribution in [0.3, 0.4) is 0 Å². The average Bonchev–Trinajstić information content (AvgIpc) is 3.37. The van der Waals surface area contributed by atoms with Gasteiger partial charge in [-0.2, -0.15) is 5.10 Å². The molecule has 0 bridgehead atoms. The van der Waals surface area contributed by atoms with E-state index in [1.807, 2.05) is 82.4 Å². The van der Waals surface area contributed by atoms with Crippen LogP contribution in [0, 0.1) is 13.8 Å². The number of rotatable bonds is 5. The lowest BCUT2D eigenvalue weighted by Gasteiger charge is -2.25. The van der Waals surface area contributed by atoms with E-state index >= 15 is 0 Å². The lowest BCUT2D eigenvalue weighted by Crippen LogP contribution is -2.40. The Balaban J connectivity index is 1.68. The van der Waals surface area contributed by atoms with Crippen molar-refractivity contribution in [3.8, 4) is 5.75 Å². The van der Waals surface area contributed by atoms with E-state index in [-0.39, 0.29) is 11.5 Å². The maximum atomic E-state index is 13.8. The van der Waals surface area contributed by atoms with Crippen LogP contribution in [0.2, 0.25) is 0 Å². The third kappa shape index (κ3) is 4.42. The van der Waals surface area contributed by atoms with E-state index < -0.39 is 6.04 Å². The topological polar surface area (TPSA) is 90.5 Å². The minimum atomic E-state index is -0.650. The Bertz CT molecular complexity index is 1720. The van der Waals surface area contributed by atoms with Gasteiger partial charge < -0.3 is 10.1 Å². The molecule has 5 rings (SSSR count). The SMILES string of the molecule is COc1ccc(C2C(C(=O)Nc3ccccc3C)=C(C)N=c3s/c(=C/c4cnn(C)c4C)c(=O)n32)cc1. The number of carbonyl (C=O) groups excluding carboxylic acids is 1. The molecule has 1 aliphatic heterocycles. The van der Waals surface area contributed by atoms with Crippen molar-refractivity contribution < 1.29 is 9.53 Å². The van der Waals surface area contributed by atoms with Crippen LogP contribution in [0.1, 0.15) is 35.3 Å². The van der Waals surface area contributed by atoms with Crippen LogP contribution in [0.4, 0.5) is 5.69 Å². The van der Waals surface area contributed by atoms with Gasteiger partial charge in [0.15, 0.2) is 4.80 Å². The molecule has 8 nitrogen and oxygen atoms in total. The van der Waals surface area contributed by atoms with Gasteiger partial charge in [0, 0.05) is 24.0 Å². The second-order valence-electron chi connectivity index (χ2n) is 8.93. The molecule has 1 amide bonds. The molecule has 0 saturated heterocycles. The summed E-state index contributed by atoms with van der Waals surface area (Å²) in [5.74, 6) is 0.392. The van der Waals surface area contributed by atoms with Crippen molar-refractivity contribution in [3.05, 3.63) is 108 Å². The maximum absolute atomic E-state index is 13.8. The molecule has 0 radical (unpaired) electrons. The van der Waals surface area contributed by atoms with E-state index in [0.717, 1.165) is 22.4 Å². The Labute approximate surface area is 217 Å². The van der Waals surface area contributed by atoms with Crippen LogP contribution in [0.25, 0.3) is 6.08 Å². The summed E-state index contributed by atoms with van der Waals surface area (Å²) in [6.07, 6.45) is 3.57. The molecule has 4 aromatic rings. The number of aryl methyl sites for hydroxylation is 2. The number of ether oxygens (including phenoxy) is 1. The molecular weight excluding hydrogens is 486 g/mol. The summed E-state index contributed by atoms with van der Waals surface area (Å²) in [5.41, 5.74) is 5.04. The molecule has 37 heavy (non-hydrogen) atoms. The van der Waals surface area contributed by atoms with Gasteiger partial charge in [0.25, 0.3) is 11.5 Å². The maximum Gasteiger partial charge on any atom is 0.271 e. The van der Waals surface area contributed by atoms with Crippen molar-refractivity contribution in [1.82, 2.24) is 14.3 Å². The number of para-hydroxylation sites is 1. The third-order valence-corrected chi connectivity index (χ3v) is 7.63. The molecule has 0 fully saturated rings. The normalized spacial score (nSPS) is 15.4. The van der Waals surface area contributed by atoms with Gasteiger partial charge in [-0.15, -0.1) is 0 Å². The minimum Gasteiger partial charge on any atom is -0.497 e. The van der Waals surface area contributed by atoms with Crippen molar-refractivity contribution in [2.75, 3.05) is 12.4 Å². The molecule has 1 unspecified atom stereocenters. The van der Waals surface area contributed by atoms with Crippen LogP contribution in [-0.2, 0) is 11.8 Å². The largest absolute Gasteiger partial charge is 0.497 e. The van der Waals surface area contributed by atoms with E-state index in [4.69, 9.17) is 9.73 Å². The number of allylic oxidation sites excluding steroid dienone is 1. The number of methoxy groups -OCH3 is 1. The molecule has 188 valence electrons. The van der Waals surface area contributed by atoms with Gasteiger partial charge in [-0.05, 0) is 56.2 Å². The zero-order valence-corrected chi connectivity index (χ0v) is 22.1. The third-order valence-electron chi connectivity index (χ3n) is 6.65. The van der Waals surface area contributed by atoms with Gasteiger partial charge in [0.1, 0.15) is 5.75 Å². The highest BCUT2D eigenvalue weighted by Crippen LogP contribution is 2.32. The number of aromatic nitrogens is 3. The predicted molar refractivity (Wildman–Crippen MR) is 145 cm³/mol. The van der Waals surface area contributed by atoms with Crippen molar-refractivity contribution in [2.45, 2.75) is 26.8 Å². The van der Waals surface area contributed by atoms with Crippen molar-refractivity contribution >= 4 is 29.0 Å². The number of hydrogen-bond donors (Lipinski definition) is 1. The molecule has 1 atom stereocenters. The first-order valence-corrected chi connectivity index (χ1v) is 12.6. The molecule has 0 spiro atoms. The predicted octanol–water partition coefficient (Wildman–Crippen LogP) is 3.23. The minimum absolute atomic E-state index is 0.207. The number of benzene rings is 2. The molecule has 2 aromatic carbocycles. The van der Waals surface area contributed by atoms with Crippen molar-refractivity contribution in [1.29, 1.82) is 0 Å². The standard InChI is InChI=1S/C28H27N5O3S/c1-16-8-6-7-9-22(16)31-26(34)24-17(2)30-28-33(25(24)19-10-12-21(36-5)13-11-19)27(35)23(37-28)14-20-15-29-32(4)18(20)3/h6-15,25H,1-5H3,(H,31,34)/b23-14+. The second-order valence-corrected chi connectivity index (χ2v) is 9.94. The highest BCUT2D eigenvalue weighted by molar-refractivity contribution is 7.07. The number of carbonyl (C=O) groups is 1. The van der Waals surface area contributed by atoms with E-state index in [9.17, 15) is 9.59 Å². The summed E-state index contributed by atoms with van der Waals surface area (Å²) in [6, 6.07) is 14.4. The summed E-state index contributed by atoms with van der Waals surface area (Å²) in [7, 11) is 3.46. The van der Waals surface area contributed by atoms with E-state index in [1.165, 1.54) is 11.3 Å². The Morgan fingerprint density at radius 2 is 1.84 bits per heavy atom. The number of fused-ring (bicyclic) bond motifs is 1. The summed E-state index contributed by atoms with van der Waals surface area (Å²) < 4.78 is 9.24. The Kier molecular flexibility index (Phi) is 6.39. The molecular formula is C28H27N5O3S. The average molecular weight is 514 g/mol. The summed E-state index contributed by atoms with van der Waals surface area (Å²) in [6.45, 7) is 5.70. The van der Waals surface area contributed by atoms with Gasteiger partial charge in [0.05, 0.1) is 35.2 Å². The van der Waals surface area contributed by atoms with Crippen molar-refractivity contribution in [3.63, 3.8) is 0 Å². The van der Waals surface area contributed by atoms with Gasteiger partial charge in [-0.25, -0.2) is 4.99 Å². The van der Waals surface area contributed by atoms with Gasteiger partial charge in [0.2, 0.25) is 0 Å². The lowest BCUT2D eigenvalue weighted by molar-refractivity contribution is -0.113. The number of hydrogen-bond acceptors (Lipinski definition) is 6. The van der Waals surface area contributed by atoms with Crippen LogP contribution in [-0.4, -0.2) is 27.4 Å². The first-order valence-electron chi connectivity index (χ1n) is 11.8. The fourth-order valence-corrected chi connectivity index (χ4v) is 5.45. The summed E-state index contributed by atoms with van der Waals surface area (Å²) in [4.78, 5) is 32.8. The van der Waals surface area contributed by atoms with Crippen LogP contribution < -0.4 is 24.9 Å². The fourth-order valence-electron chi connectivity index (χ4n) is 4.41. The molecule has 1 aliphatic rings. The quantitative estimate of drug-likeness (QED) is 0.444. The Morgan fingerprint density at radius 3 is 2.49 bits per heavy atom. The Hall–Kier alpha value is -4.24. The number of thiazole rings is 1. The van der Waals surface area contributed by atoms with Crippen molar-refractivity contribution in [2.24, 2.45) is 12.0 Å². The Morgan fingerprint density at radius 1 is 1.11 bits per heavy atom. The molecule has 0 saturated carbocycles. The van der Waals surface area contributed by atoms with Crippen LogP contribution >= 0.6 is 11.3 Å². The van der Waals surface area contributed by atoms with Gasteiger partial charge in [-0.3, -0.25) is 18.8 Å². The van der Waals surface area contributed by atoms with E-state index in [2.05, 4.69) is 10.4 Å². The fraction of sp³-hybridized carbons (Fsp3) is 0.214. The van der Waals surface area contributed by atoms with Gasteiger partial charge >= 0.3 is 0 Å². The molecule has 1 N–H and O–H groups in total. The smallest absolute Gasteiger partial charge is 0.271 e. The highest BCUT2D eigenvalue weighted by atomic mass is 32.1. The zero-order valence-electron chi connectivity index (χ0n) is 21.3. The number of nitrogens with one attached hydrogen (secondary N) is 1. The molecule has 2 aromatic heterocycles. The first-order chi connectivity index (χ1) is 17.8. The summed E-state index contributed by atoms with van der Waals surface area (Å²) >= 11 is 1.31. The lowest BCUT2D eigenvalue weighted by atomic mass is 9.95. The molecule has 3 heterocycles. The highest BCUT2D eigenvalue weighted by Gasteiger charge is 2.32. The number of nitrogens with zero attached hydrogens (tertiary/aromatic N) is 4. The van der Waals surface area contributed by atoms with E-state index in [0.29, 0.717) is 32.0 Å². The van der Waals surface area contributed by atoms with Gasteiger partial charge in [-0.1, -0.05) is 41.7 Å². The monoisotopic (exact) mass is 513 g/mol. The number of anilines is 1.